The second kappa shape index (κ2) is 74.0. The third-order valence-corrected chi connectivity index (χ3v) is 17.5. The van der Waals surface area contributed by atoms with Crippen molar-refractivity contribution in [1.82, 2.24) is 5.32 Å². The van der Waals surface area contributed by atoms with Gasteiger partial charge in [-0.15, -0.1) is 0 Å². The van der Waals surface area contributed by atoms with Gasteiger partial charge < -0.3 is 20.3 Å². The van der Waals surface area contributed by atoms with Crippen LogP contribution in [-0.2, 0) is 14.3 Å². The number of rotatable bonds is 71. The molecule has 2 atom stereocenters. The van der Waals surface area contributed by atoms with E-state index in [2.05, 4.69) is 67.8 Å². The van der Waals surface area contributed by atoms with Gasteiger partial charge in [-0.1, -0.05) is 364 Å². The highest BCUT2D eigenvalue weighted by atomic mass is 16.5. The van der Waals surface area contributed by atoms with Crippen molar-refractivity contribution in [2.45, 2.75) is 418 Å². The number of amides is 1. The van der Waals surface area contributed by atoms with Crippen LogP contribution in [-0.4, -0.2) is 47.4 Å². The summed E-state index contributed by atoms with van der Waals surface area (Å²) >= 11 is 0. The molecule has 1 amide bonds. The molecule has 3 N–H and O–H groups in total. The van der Waals surface area contributed by atoms with Crippen LogP contribution in [0, 0.1) is 0 Å². The van der Waals surface area contributed by atoms with Gasteiger partial charge in [0.2, 0.25) is 5.91 Å². The van der Waals surface area contributed by atoms with Crippen molar-refractivity contribution in [1.29, 1.82) is 0 Å². The number of esters is 1. The lowest BCUT2D eigenvalue weighted by atomic mass is 10.0. The number of carbonyl (C=O) groups is 2. The first-order chi connectivity index (χ1) is 42.0. The van der Waals surface area contributed by atoms with E-state index in [9.17, 15) is 19.8 Å². The molecule has 0 bridgehead atoms. The van der Waals surface area contributed by atoms with E-state index >= 15 is 0 Å². The van der Waals surface area contributed by atoms with E-state index < -0.39 is 12.1 Å². The SMILES string of the molecule is CCC/C=C\C/C=C\CCCCCCCC(=O)OCCCCCCCCCCCCCCC/C=C\C/C=C\CCCCCCCCCCCCCCCCCCCC(=O)NC(CO)C(O)/C=C/CCCCCCCCCCCCCCCCCC. The number of unbranched alkanes of at least 4 members (excludes halogenated alkanes) is 52. The summed E-state index contributed by atoms with van der Waals surface area (Å²) in [4.78, 5) is 24.6. The van der Waals surface area contributed by atoms with E-state index in [0.717, 1.165) is 57.8 Å². The Morgan fingerprint density at radius 1 is 0.329 bits per heavy atom. The largest absolute Gasteiger partial charge is 0.466 e. The molecule has 2 unspecified atom stereocenters. The molecule has 0 radical (unpaired) electrons. The van der Waals surface area contributed by atoms with Gasteiger partial charge in [0.25, 0.3) is 0 Å². The maximum absolute atomic E-state index is 12.5. The average Bonchev–Trinajstić information content (AvgIpc) is 3.51. The molecule has 0 fully saturated rings. The fourth-order valence-corrected chi connectivity index (χ4v) is 11.7. The van der Waals surface area contributed by atoms with Crippen LogP contribution in [0.3, 0.4) is 0 Å². The minimum atomic E-state index is -0.844. The quantitative estimate of drug-likeness (QED) is 0.0320. The number of aliphatic hydroxyl groups excluding tert-OH is 2. The van der Waals surface area contributed by atoms with Crippen LogP contribution in [0.4, 0.5) is 0 Å². The number of nitrogens with one attached hydrogen (secondary N) is 1. The summed E-state index contributed by atoms with van der Waals surface area (Å²) in [6, 6.07) is -0.627. The molecule has 0 heterocycles. The highest BCUT2D eigenvalue weighted by Gasteiger charge is 2.18. The fraction of sp³-hybridized carbons (Fsp3) is 0.848. The Labute approximate surface area is 530 Å². The Morgan fingerprint density at radius 3 is 0.941 bits per heavy atom. The normalized spacial score (nSPS) is 12.8. The van der Waals surface area contributed by atoms with Gasteiger partial charge in [0.1, 0.15) is 0 Å². The maximum Gasteiger partial charge on any atom is 0.305 e. The molecule has 0 aliphatic carbocycles. The van der Waals surface area contributed by atoms with E-state index in [1.54, 1.807) is 6.08 Å². The summed E-state index contributed by atoms with van der Waals surface area (Å²) in [5.41, 5.74) is 0. The third kappa shape index (κ3) is 70.5. The average molecular weight is 1190 g/mol. The number of aliphatic hydroxyl groups is 2. The van der Waals surface area contributed by atoms with Gasteiger partial charge in [-0.25, -0.2) is 0 Å². The second-order valence-electron chi connectivity index (χ2n) is 26.0. The van der Waals surface area contributed by atoms with Crippen LogP contribution >= 0.6 is 0 Å². The van der Waals surface area contributed by atoms with E-state index in [0.29, 0.717) is 19.4 Å². The number of hydrogen-bond donors (Lipinski definition) is 3. The molecule has 0 aliphatic heterocycles. The van der Waals surface area contributed by atoms with Crippen molar-refractivity contribution in [3.05, 3.63) is 60.8 Å². The summed E-state index contributed by atoms with van der Waals surface area (Å²) in [5, 5.41) is 23.2. The van der Waals surface area contributed by atoms with Crippen LogP contribution in [0.5, 0.6) is 0 Å². The number of hydrogen-bond acceptors (Lipinski definition) is 5. The van der Waals surface area contributed by atoms with Crippen LogP contribution in [0.2, 0.25) is 0 Å². The molecule has 0 saturated carbocycles. The molecule has 0 aromatic carbocycles. The van der Waals surface area contributed by atoms with Gasteiger partial charge in [-0.3, -0.25) is 9.59 Å². The molecule has 498 valence electrons. The van der Waals surface area contributed by atoms with Crippen molar-refractivity contribution < 1.29 is 24.5 Å². The molecule has 0 aliphatic rings. The molecule has 85 heavy (non-hydrogen) atoms. The Balaban J connectivity index is 3.39. The van der Waals surface area contributed by atoms with Gasteiger partial charge in [0, 0.05) is 12.8 Å². The Bertz CT molecular complexity index is 1470. The zero-order valence-electron chi connectivity index (χ0n) is 57.1. The van der Waals surface area contributed by atoms with Crippen molar-refractivity contribution in [2.75, 3.05) is 13.2 Å². The minimum absolute atomic E-state index is 0.00307. The number of allylic oxidation sites excluding steroid dienone is 9. The molecule has 0 spiro atoms. The first-order valence-corrected chi connectivity index (χ1v) is 38.1. The molecule has 6 nitrogen and oxygen atoms in total. The van der Waals surface area contributed by atoms with E-state index in [4.69, 9.17) is 4.74 Å². The minimum Gasteiger partial charge on any atom is -0.466 e. The van der Waals surface area contributed by atoms with Crippen LogP contribution in [0.1, 0.15) is 406 Å². The van der Waals surface area contributed by atoms with E-state index in [-0.39, 0.29) is 18.5 Å². The second-order valence-corrected chi connectivity index (χ2v) is 26.0. The van der Waals surface area contributed by atoms with Gasteiger partial charge in [0.15, 0.2) is 0 Å². The van der Waals surface area contributed by atoms with E-state index in [1.165, 1.54) is 321 Å². The standard InChI is InChI=1S/C79H147NO5/c1-3-5-7-9-11-13-15-17-18-19-41-44-48-51-55-59-63-67-71-77(82)76(75-81)80-78(83)72-68-64-60-56-52-49-45-42-39-37-35-33-31-29-27-25-23-21-20-22-24-26-28-30-32-34-36-38-40-43-46-50-54-58-62-66-70-74-85-79(84)73-69-65-61-57-53-47-16-14-12-10-8-6-4-2/h8,10,14,16,20,22,26,28,67,71,76-77,81-82H,3-7,9,11-13,15,17-19,21,23-25,27,29-66,68-70,72-75H2,1-2H3,(H,80,83)/b10-8-,16-14-,22-20-,28-26-,71-67+. The predicted molar refractivity (Wildman–Crippen MR) is 375 cm³/mol. The molecular formula is C79H147NO5. The van der Waals surface area contributed by atoms with Crippen LogP contribution < -0.4 is 5.32 Å². The summed E-state index contributed by atoms with van der Waals surface area (Å²) in [5.74, 6) is -0.0593. The lowest BCUT2D eigenvalue weighted by molar-refractivity contribution is -0.143. The first-order valence-electron chi connectivity index (χ1n) is 38.1. The predicted octanol–water partition coefficient (Wildman–Crippen LogP) is 25.0. The number of carbonyl (C=O) groups excluding carboxylic acids is 2. The smallest absolute Gasteiger partial charge is 0.305 e. The lowest BCUT2D eigenvalue weighted by Crippen LogP contribution is -2.45. The fourth-order valence-electron chi connectivity index (χ4n) is 11.7. The lowest BCUT2D eigenvalue weighted by Gasteiger charge is -2.20. The van der Waals surface area contributed by atoms with Crippen LogP contribution in [0.15, 0.2) is 60.8 Å². The van der Waals surface area contributed by atoms with Gasteiger partial charge in [-0.05, 0) is 89.9 Å². The molecule has 0 aromatic rings. The van der Waals surface area contributed by atoms with Gasteiger partial charge >= 0.3 is 5.97 Å². The van der Waals surface area contributed by atoms with Crippen LogP contribution in [0.25, 0.3) is 0 Å². The molecule has 6 heteroatoms. The summed E-state index contributed by atoms with van der Waals surface area (Å²) in [7, 11) is 0. The van der Waals surface area contributed by atoms with Crippen molar-refractivity contribution >= 4 is 11.9 Å². The highest BCUT2D eigenvalue weighted by molar-refractivity contribution is 5.76. The molecular weight excluding hydrogens is 1040 g/mol. The van der Waals surface area contributed by atoms with Crippen molar-refractivity contribution in [3.8, 4) is 0 Å². The summed E-state index contributed by atoms with van der Waals surface area (Å²) < 4.78 is 5.48. The number of ether oxygens (including phenoxy) is 1. The zero-order valence-corrected chi connectivity index (χ0v) is 57.1. The highest BCUT2D eigenvalue weighted by Crippen LogP contribution is 2.19. The van der Waals surface area contributed by atoms with E-state index in [1.807, 2.05) is 6.08 Å². The Morgan fingerprint density at radius 2 is 0.612 bits per heavy atom. The first kappa shape index (κ1) is 82.6. The van der Waals surface area contributed by atoms with Gasteiger partial charge in [-0.2, -0.15) is 0 Å². The topological polar surface area (TPSA) is 95.9 Å². The monoisotopic (exact) mass is 1190 g/mol. The zero-order chi connectivity index (χ0) is 61.3. The summed E-state index contributed by atoms with van der Waals surface area (Å²) in [6.45, 7) is 4.86. The Hall–Kier alpha value is -2.44. The molecule has 0 aromatic heterocycles. The van der Waals surface area contributed by atoms with Crippen molar-refractivity contribution in [2.24, 2.45) is 0 Å². The third-order valence-electron chi connectivity index (χ3n) is 17.5. The maximum atomic E-state index is 12.5. The molecule has 0 rings (SSSR count). The Kier molecular flexibility index (Phi) is 71.9. The molecule has 0 saturated heterocycles. The summed E-state index contributed by atoms with van der Waals surface area (Å²) in [6.07, 6.45) is 99.1. The van der Waals surface area contributed by atoms with Crippen molar-refractivity contribution in [3.63, 3.8) is 0 Å². The van der Waals surface area contributed by atoms with Gasteiger partial charge in [0.05, 0.1) is 25.4 Å².